The number of benzene rings is 1. The SMILES string of the molecule is COC(=O)CCC[C@@H](C)C1=CC[C@H]2[C@@H]3CCc4cc(O[Si](C(C)C)(C(C)C)C(C)C)c(OC)cc4[C@H]3CC[C@]12C. The van der Waals surface area contributed by atoms with Crippen molar-refractivity contribution in [2.24, 2.45) is 23.2 Å². The highest BCUT2D eigenvalue weighted by molar-refractivity contribution is 6.78. The fraction of sp³-hybridized carbons (Fsp3) is 0.743. The summed E-state index contributed by atoms with van der Waals surface area (Å²) in [6.07, 6.45) is 11.2. The van der Waals surface area contributed by atoms with Gasteiger partial charge in [0.25, 0.3) is 8.32 Å². The van der Waals surface area contributed by atoms with Gasteiger partial charge in [0.15, 0.2) is 5.75 Å². The summed E-state index contributed by atoms with van der Waals surface area (Å²) in [6.45, 7) is 19.0. The van der Waals surface area contributed by atoms with Crippen LogP contribution in [0, 0.1) is 23.2 Å². The molecule has 0 N–H and O–H groups in total. The Labute approximate surface area is 245 Å². The fourth-order valence-electron chi connectivity index (χ4n) is 9.54. The molecule has 0 radical (unpaired) electrons. The van der Waals surface area contributed by atoms with E-state index in [2.05, 4.69) is 73.6 Å². The number of allylic oxidation sites excluding steroid dienone is 2. The van der Waals surface area contributed by atoms with Crippen molar-refractivity contribution in [1.82, 2.24) is 0 Å². The topological polar surface area (TPSA) is 44.8 Å². The summed E-state index contributed by atoms with van der Waals surface area (Å²) in [4.78, 5) is 11.6. The third-order valence-electron chi connectivity index (χ3n) is 11.4. The number of hydrogen-bond donors (Lipinski definition) is 0. The molecule has 4 nitrogen and oxygen atoms in total. The first kappa shape index (κ1) is 31.2. The molecule has 1 aromatic carbocycles. The molecule has 40 heavy (non-hydrogen) atoms. The van der Waals surface area contributed by atoms with Gasteiger partial charge in [-0.3, -0.25) is 4.79 Å². The third-order valence-corrected chi connectivity index (χ3v) is 17.4. The number of fused-ring (bicyclic) bond motifs is 5. The molecular weight excluding hydrogens is 512 g/mol. The zero-order valence-electron chi connectivity index (χ0n) is 27.1. The minimum absolute atomic E-state index is 0.0901. The van der Waals surface area contributed by atoms with Crippen LogP contribution in [0.3, 0.4) is 0 Å². The van der Waals surface area contributed by atoms with Crippen LogP contribution in [-0.4, -0.2) is 28.5 Å². The van der Waals surface area contributed by atoms with Gasteiger partial charge in [0.1, 0.15) is 5.75 Å². The van der Waals surface area contributed by atoms with Crippen LogP contribution in [0.4, 0.5) is 0 Å². The van der Waals surface area contributed by atoms with E-state index in [-0.39, 0.29) is 11.4 Å². The molecule has 0 spiro atoms. The second-order valence-electron chi connectivity index (χ2n) is 14.3. The van der Waals surface area contributed by atoms with Gasteiger partial charge in [-0.05, 0) is 114 Å². The monoisotopic (exact) mass is 568 g/mol. The molecule has 1 aromatic rings. The predicted octanol–water partition coefficient (Wildman–Crippen LogP) is 9.62. The Morgan fingerprint density at radius 1 is 1.00 bits per heavy atom. The van der Waals surface area contributed by atoms with E-state index in [4.69, 9.17) is 13.9 Å². The molecule has 224 valence electrons. The second-order valence-corrected chi connectivity index (χ2v) is 19.6. The summed E-state index contributed by atoms with van der Waals surface area (Å²) >= 11 is 0. The number of esters is 1. The Morgan fingerprint density at radius 2 is 1.68 bits per heavy atom. The molecule has 1 fully saturated rings. The van der Waals surface area contributed by atoms with Crippen LogP contribution in [-0.2, 0) is 16.0 Å². The van der Waals surface area contributed by atoms with Crippen molar-refractivity contribution in [3.8, 4) is 11.5 Å². The van der Waals surface area contributed by atoms with Crippen LogP contribution in [0.1, 0.15) is 117 Å². The Balaban J connectivity index is 1.56. The molecule has 3 aliphatic carbocycles. The molecule has 3 aliphatic rings. The lowest BCUT2D eigenvalue weighted by atomic mass is 9.53. The molecule has 0 saturated heterocycles. The minimum Gasteiger partial charge on any atom is -0.540 e. The summed E-state index contributed by atoms with van der Waals surface area (Å²) in [5.41, 5.74) is 6.54. The van der Waals surface area contributed by atoms with Crippen molar-refractivity contribution >= 4 is 14.3 Å². The van der Waals surface area contributed by atoms with Crippen LogP contribution in [0.15, 0.2) is 23.8 Å². The molecule has 0 bridgehead atoms. The van der Waals surface area contributed by atoms with Crippen molar-refractivity contribution in [1.29, 1.82) is 0 Å². The van der Waals surface area contributed by atoms with Gasteiger partial charge in [0.2, 0.25) is 0 Å². The Hall–Kier alpha value is -1.75. The largest absolute Gasteiger partial charge is 0.540 e. The number of aryl methyl sites for hydroxylation is 1. The van der Waals surface area contributed by atoms with Gasteiger partial charge >= 0.3 is 5.97 Å². The molecule has 5 heteroatoms. The van der Waals surface area contributed by atoms with Crippen molar-refractivity contribution in [3.05, 3.63) is 34.9 Å². The summed E-state index contributed by atoms with van der Waals surface area (Å²) < 4.78 is 18.1. The fourth-order valence-corrected chi connectivity index (χ4v) is 14.8. The van der Waals surface area contributed by atoms with Crippen molar-refractivity contribution in [3.63, 3.8) is 0 Å². The van der Waals surface area contributed by atoms with Crippen LogP contribution in [0.5, 0.6) is 11.5 Å². The van der Waals surface area contributed by atoms with Crippen LogP contribution in [0.2, 0.25) is 16.6 Å². The highest BCUT2D eigenvalue weighted by Crippen LogP contribution is 2.63. The lowest BCUT2D eigenvalue weighted by Crippen LogP contribution is -2.50. The standard InChI is InChI=1S/C35H56O4Si/c1-22(2)40(23(3)4,24(5)6)39-33-20-26-14-15-28-27(29(26)21-32(33)37-9)18-19-35(8)30(16-17-31(28)35)25(7)12-11-13-34(36)38-10/h16,20-25,27-28,31H,11-15,17-19H2,1-10H3/t25-,27+,28-,31+,35-/m1/s1. The Kier molecular flexibility index (Phi) is 9.54. The molecular formula is C35H56O4Si. The maximum absolute atomic E-state index is 11.6. The number of hydrogen-bond acceptors (Lipinski definition) is 4. The maximum Gasteiger partial charge on any atom is 0.305 e. The van der Waals surface area contributed by atoms with Crippen molar-refractivity contribution in [2.75, 3.05) is 14.2 Å². The van der Waals surface area contributed by atoms with E-state index in [0.29, 0.717) is 46.7 Å². The van der Waals surface area contributed by atoms with Gasteiger partial charge in [-0.25, -0.2) is 0 Å². The van der Waals surface area contributed by atoms with Gasteiger partial charge in [-0.15, -0.1) is 0 Å². The predicted molar refractivity (Wildman–Crippen MR) is 168 cm³/mol. The number of methoxy groups -OCH3 is 2. The summed E-state index contributed by atoms with van der Waals surface area (Å²) in [7, 11) is 1.22. The Bertz CT molecular complexity index is 1070. The van der Waals surface area contributed by atoms with Crippen LogP contribution in [0.25, 0.3) is 0 Å². The summed E-state index contributed by atoms with van der Waals surface area (Å²) in [6, 6.07) is 4.73. The van der Waals surface area contributed by atoms with Gasteiger partial charge in [0.05, 0.1) is 14.2 Å². The zero-order valence-corrected chi connectivity index (χ0v) is 28.1. The van der Waals surface area contributed by atoms with E-state index >= 15 is 0 Å². The molecule has 0 aliphatic heterocycles. The highest BCUT2D eigenvalue weighted by Gasteiger charge is 2.53. The quantitative estimate of drug-likeness (QED) is 0.151. The number of carbonyl (C=O) groups excluding carboxylic acids is 1. The summed E-state index contributed by atoms with van der Waals surface area (Å²) in [5.74, 6) is 4.38. The lowest BCUT2D eigenvalue weighted by Gasteiger charge is -2.51. The van der Waals surface area contributed by atoms with E-state index in [9.17, 15) is 4.79 Å². The number of carbonyl (C=O) groups is 1. The highest BCUT2D eigenvalue weighted by atomic mass is 28.4. The third kappa shape index (κ3) is 5.41. The normalized spacial score (nSPS) is 26.7. The molecule has 1 saturated carbocycles. The lowest BCUT2D eigenvalue weighted by molar-refractivity contribution is -0.140. The van der Waals surface area contributed by atoms with E-state index in [1.165, 1.54) is 43.9 Å². The average Bonchev–Trinajstić information content (AvgIpc) is 3.27. The maximum atomic E-state index is 11.6. The van der Waals surface area contributed by atoms with E-state index in [1.54, 1.807) is 5.57 Å². The first-order valence-electron chi connectivity index (χ1n) is 16.1. The van der Waals surface area contributed by atoms with Gasteiger partial charge in [-0.2, -0.15) is 0 Å². The van der Waals surface area contributed by atoms with Crippen molar-refractivity contribution < 1.29 is 18.7 Å². The molecule has 0 unspecified atom stereocenters. The minimum atomic E-state index is -2.07. The van der Waals surface area contributed by atoms with E-state index in [1.807, 2.05) is 7.11 Å². The molecule has 0 amide bonds. The zero-order chi connectivity index (χ0) is 29.4. The van der Waals surface area contributed by atoms with Gasteiger partial charge in [0, 0.05) is 6.42 Å². The average molecular weight is 569 g/mol. The van der Waals surface area contributed by atoms with Gasteiger partial charge in [-0.1, -0.05) is 67.0 Å². The first-order valence-corrected chi connectivity index (χ1v) is 18.2. The number of rotatable bonds is 11. The van der Waals surface area contributed by atoms with Crippen LogP contribution < -0.4 is 9.16 Å². The van der Waals surface area contributed by atoms with E-state index < -0.39 is 8.32 Å². The molecule has 0 heterocycles. The van der Waals surface area contributed by atoms with Crippen molar-refractivity contribution in [2.45, 2.75) is 129 Å². The number of ether oxygens (including phenoxy) is 2. The molecule has 5 atom stereocenters. The molecule has 0 aromatic heterocycles. The smallest absolute Gasteiger partial charge is 0.305 e. The molecule has 4 rings (SSSR count). The first-order chi connectivity index (χ1) is 18.9. The van der Waals surface area contributed by atoms with E-state index in [0.717, 1.165) is 30.8 Å². The summed E-state index contributed by atoms with van der Waals surface area (Å²) in [5, 5.41) is 0. The second kappa shape index (κ2) is 12.2. The van der Waals surface area contributed by atoms with Crippen LogP contribution >= 0.6 is 0 Å². The Morgan fingerprint density at radius 3 is 2.27 bits per heavy atom. The van der Waals surface area contributed by atoms with Gasteiger partial charge < -0.3 is 13.9 Å².